The number of carbonyl (C=O) groups is 2. The SMILES string of the molecule is C[C@@H](N)[C@H](NC(=O)c1ccc(C#CC=Cc2cccnc2)cc1)C(=O)NO. The second-order valence-corrected chi connectivity index (χ2v) is 5.75. The van der Waals surface area contributed by atoms with Crippen molar-refractivity contribution in [3.8, 4) is 11.8 Å². The van der Waals surface area contributed by atoms with E-state index in [1.165, 1.54) is 5.48 Å². The van der Waals surface area contributed by atoms with Crippen LogP contribution >= 0.6 is 0 Å². The Hall–Kier alpha value is -3.47. The smallest absolute Gasteiger partial charge is 0.267 e. The molecule has 7 heteroatoms. The van der Waals surface area contributed by atoms with E-state index >= 15 is 0 Å². The first-order valence-corrected chi connectivity index (χ1v) is 8.20. The molecular formula is C20H20N4O3. The fraction of sp³-hybridized carbons (Fsp3) is 0.150. The van der Waals surface area contributed by atoms with Crippen molar-refractivity contribution in [2.24, 2.45) is 5.73 Å². The molecule has 0 bridgehead atoms. The Morgan fingerprint density at radius 1 is 1.26 bits per heavy atom. The Balaban J connectivity index is 2.00. The van der Waals surface area contributed by atoms with Gasteiger partial charge in [-0.25, -0.2) is 5.48 Å². The molecule has 27 heavy (non-hydrogen) atoms. The Kier molecular flexibility index (Phi) is 7.26. The van der Waals surface area contributed by atoms with Crippen LogP contribution in [0.4, 0.5) is 0 Å². The summed E-state index contributed by atoms with van der Waals surface area (Å²) in [5, 5.41) is 11.2. The van der Waals surface area contributed by atoms with E-state index in [1.54, 1.807) is 49.7 Å². The van der Waals surface area contributed by atoms with Crippen molar-refractivity contribution in [3.63, 3.8) is 0 Å². The van der Waals surface area contributed by atoms with Crippen LogP contribution in [0, 0.1) is 11.8 Å². The number of aromatic nitrogens is 1. The van der Waals surface area contributed by atoms with Gasteiger partial charge in [-0.05, 0) is 55.0 Å². The van der Waals surface area contributed by atoms with Crippen molar-refractivity contribution >= 4 is 17.9 Å². The molecule has 0 spiro atoms. The molecule has 1 aromatic heterocycles. The number of hydroxylamine groups is 1. The molecule has 0 saturated heterocycles. The average Bonchev–Trinajstić information content (AvgIpc) is 2.69. The third kappa shape index (κ3) is 6.08. The molecule has 2 atom stereocenters. The monoisotopic (exact) mass is 364 g/mol. The third-order valence-corrected chi connectivity index (χ3v) is 3.61. The summed E-state index contributed by atoms with van der Waals surface area (Å²) in [6.45, 7) is 1.55. The van der Waals surface area contributed by atoms with Gasteiger partial charge in [0.2, 0.25) is 0 Å². The van der Waals surface area contributed by atoms with E-state index in [2.05, 4.69) is 22.1 Å². The Morgan fingerprint density at radius 3 is 2.59 bits per heavy atom. The number of benzene rings is 1. The minimum absolute atomic E-state index is 0.350. The first kappa shape index (κ1) is 19.8. The number of nitrogens with zero attached hydrogens (tertiary/aromatic N) is 1. The molecule has 1 aromatic carbocycles. The van der Waals surface area contributed by atoms with E-state index in [4.69, 9.17) is 10.9 Å². The van der Waals surface area contributed by atoms with Gasteiger partial charge < -0.3 is 11.1 Å². The quantitative estimate of drug-likeness (QED) is 0.360. The largest absolute Gasteiger partial charge is 0.339 e. The van der Waals surface area contributed by atoms with E-state index in [0.29, 0.717) is 5.56 Å². The lowest BCUT2D eigenvalue weighted by atomic mass is 10.1. The molecule has 138 valence electrons. The second kappa shape index (κ2) is 9.87. The van der Waals surface area contributed by atoms with Crippen LogP contribution < -0.4 is 16.5 Å². The highest BCUT2D eigenvalue weighted by Gasteiger charge is 2.24. The number of rotatable bonds is 5. The van der Waals surface area contributed by atoms with Gasteiger partial charge in [-0.3, -0.25) is 19.8 Å². The number of nitrogens with two attached hydrogens (primary N) is 1. The molecular weight excluding hydrogens is 344 g/mol. The summed E-state index contributed by atoms with van der Waals surface area (Å²) in [6.07, 6.45) is 7.01. The van der Waals surface area contributed by atoms with Gasteiger partial charge in [0.05, 0.1) is 0 Å². The minimum Gasteiger partial charge on any atom is -0.339 e. The summed E-state index contributed by atoms with van der Waals surface area (Å²) in [5.41, 5.74) is 9.19. The maximum atomic E-state index is 12.2. The first-order chi connectivity index (χ1) is 13.0. The third-order valence-electron chi connectivity index (χ3n) is 3.61. The number of nitrogens with one attached hydrogen (secondary N) is 2. The molecule has 2 amide bonds. The van der Waals surface area contributed by atoms with Gasteiger partial charge in [0.25, 0.3) is 11.8 Å². The Bertz CT molecular complexity index is 866. The number of hydrogen-bond donors (Lipinski definition) is 4. The Labute approximate surface area is 157 Å². The van der Waals surface area contributed by atoms with Crippen molar-refractivity contribution in [3.05, 3.63) is 71.6 Å². The normalized spacial score (nSPS) is 12.6. The number of amides is 2. The molecule has 0 radical (unpaired) electrons. The molecule has 0 fully saturated rings. The zero-order chi connectivity index (χ0) is 19.6. The van der Waals surface area contributed by atoms with Crippen molar-refractivity contribution in [1.82, 2.24) is 15.8 Å². The second-order valence-electron chi connectivity index (χ2n) is 5.75. The lowest BCUT2D eigenvalue weighted by molar-refractivity contribution is -0.131. The minimum atomic E-state index is -1.04. The van der Waals surface area contributed by atoms with Gasteiger partial charge >= 0.3 is 0 Å². The van der Waals surface area contributed by atoms with Crippen LogP contribution in [-0.4, -0.2) is 34.1 Å². The Morgan fingerprint density at radius 2 is 2.00 bits per heavy atom. The van der Waals surface area contributed by atoms with E-state index in [0.717, 1.165) is 11.1 Å². The van der Waals surface area contributed by atoms with Crippen molar-refractivity contribution in [2.45, 2.75) is 19.0 Å². The van der Waals surface area contributed by atoms with Crippen molar-refractivity contribution in [1.29, 1.82) is 0 Å². The molecule has 0 aliphatic heterocycles. The zero-order valence-corrected chi connectivity index (χ0v) is 14.7. The highest BCUT2D eigenvalue weighted by atomic mass is 16.5. The molecule has 0 saturated carbocycles. The average molecular weight is 364 g/mol. The molecule has 0 unspecified atom stereocenters. The van der Waals surface area contributed by atoms with Crippen LogP contribution in [0.5, 0.6) is 0 Å². The maximum Gasteiger partial charge on any atom is 0.267 e. The van der Waals surface area contributed by atoms with Crippen molar-refractivity contribution in [2.75, 3.05) is 0 Å². The predicted molar refractivity (Wildman–Crippen MR) is 101 cm³/mol. The van der Waals surface area contributed by atoms with Crippen LogP contribution in [-0.2, 0) is 4.79 Å². The van der Waals surface area contributed by atoms with Crippen LogP contribution in [0.1, 0.15) is 28.4 Å². The lowest BCUT2D eigenvalue weighted by Gasteiger charge is -2.19. The molecule has 7 nitrogen and oxygen atoms in total. The van der Waals surface area contributed by atoms with E-state index in [9.17, 15) is 9.59 Å². The van der Waals surface area contributed by atoms with Gasteiger partial charge in [-0.1, -0.05) is 17.9 Å². The predicted octanol–water partition coefficient (Wildman–Crippen LogP) is 1.10. The summed E-state index contributed by atoms with van der Waals surface area (Å²) in [4.78, 5) is 27.8. The highest BCUT2D eigenvalue weighted by Crippen LogP contribution is 2.05. The maximum absolute atomic E-state index is 12.2. The molecule has 2 rings (SSSR count). The number of hydrogen-bond acceptors (Lipinski definition) is 5. The van der Waals surface area contributed by atoms with Gasteiger partial charge in [0.1, 0.15) is 6.04 Å². The van der Waals surface area contributed by atoms with Crippen LogP contribution in [0.3, 0.4) is 0 Å². The molecule has 0 aliphatic rings. The van der Waals surface area contributed by atoms with E-state index in [-0.39, 0.29) is 0 Å². The molecule has 5 N–H and O–H groups in total. The summed E-state index contributed by atoms with van der Waals surface area (Å²) in [5.74, 6) is 4.62. The van der Waals surface area contributed by atoms with Crippen LogP contribution in [0.25, 0.3) is 6.08 Å². The van der Waals surface area contributed by atoms with Gasteiger partial charge in [0.15, 0.2) is 0 Å². The lowest BCUT2D eigenvalue weighted by Crippen LogP contribution is -2.54. The number of carbonyl (C=O) groups excluding carboxylic acids is 2. The summed E-state index contributed by atoms with van der Waals surface area (Å²) >= 11 is 0. The van der Waals surface area contributed by atoms with Gasteiger partial charge in [-0.2, -0.15) is 0 Å². The van der Waals surface area contributed by atoms with Gasteiger partial charge in [-0.15, -0.1) is 0 Å². The van der Waals surface area contributed by atoms with E-state index < -0.39 is 23.9 Å². The fourth-order valence-corrected chi connectivity index (χ4v) is 2.17. The summed E-state index contributed by atoms with van der Waals surface area (Å²) < 4.78 is 0. The summed E-state index contributed by atoms with van der Waals surface area (Å²) in [7, 11) is 0. The first-order valence-electron chi connectivity index (χ1n) is 8.20. The fourth-order valence-electron chi connectivity index (χ4n) is 2.17. The molecule has 1 heterocycles. The highest BCUT2D eigenvalue weighted by molar-refractivity contribution is 5.97. The molecule has 0 aliphatic carbocycles. The van der Waals surface area contributed by atoms with Crippen LogP contribution in [0.2, 0.25) is 0 Å². The zero-order valence-electron chi connectivity index (χ0n) is 14.7. The molecule has 2 aromatic rings. The standard InChI is InChI=1S/C20H20N4O3/c1-14(21)18(20(26)24-27)23-19(25)17-10-8-15(9-11-17)5-2-3-6-16-7-4-12-22-13-16/h3-4,6-14,18,27H,21H2,1H3,(H,23,25)(H,24,26)/t14-,18+/m1/s1. The van der Waals surface area contributed by atoms with E-state index in [1.807, 2.05) is 18.2 Å². The van der Waals surface area contributed by atoms with Gasteiger partial charge in [0, 0.05) is 29.6 Å². The number of pyridine rings is 1. The summed E-state index contributed by atoms with van der Waals surface area (Å²) in [6, 6.07) is 8.65. The topological polar surface area (TPSA) is 117 Å². The van der Waals surface area contributed by atoms with Crippen molar-refractivity contribution < 1.29 is 14.8 Å². The number of allylic oxidation sites excluding steroid dienone is 1. The van der Waals surface area contributed by atoms with Crippen LogP contribution in [0.15, 0.2) is 54.9 Å².